The van der Waals surface area contributed by atoms with E-state index in [1.54, 1.807) is 12.1 Å². The van der Waals surface area contributed by atoms with Crippen molar-refractivity contribution in [3.63, 3.8) is 0 Å². The second kappa shape index (κ2) is 6.89. The topological polar surface area (TPSA) is 118 Å². The van der Waals surface area contributed by atoms with E-state index in [0.717, 1.165) is 22.0 Å². The van der Waals surface area contributed by atoms with Crippen LogP contribution in [0.1, 0.15) is 12.5 Å². The molecule has 2 aromatic carbocycles. The lowest BCUT2D eigenvalue weighted by Crippen LogP contribution is -2.43. The van der Waals surface area contributed by atoms with Crippen LogP contribution in [0.3, 0.4) is 0 Å². The van der Waals surface area contributed by atoms with Gasteiger partial charge in [-0.3, -0.25) is 14.4 Å². The summed E-state index contributed by atoms with van der Waals surface area (Å²) in [5.41, 5.74) is 0.638. The minimum absolute atomic E-state index is 0.159. The molecule has 0 radical (unpaired) electrons. The van der Waals surface area contributed by atoms with Gasteiger partial charge in [-0.2, -0.15) is 0 Å². The summed E-state index contributed by atoms with van der Waals surface area (Å²) in [4.78, 5) is 21.3. The number of hydrogen-bond donors (Lipinski definition) is 1. The molecule has 0 heterocycles. The number of nitrogens with zero attached hydrogens (tertiary/aromatic N) is 2. The summed E-state index contributed by atoms with van der Waals surface area (Å²) in [5, 5.41) is 20.2. The monoisotopic (exact) mass is 364 g/mol. The Morgan fingerprint density at radius 3 is 2.32 bits per heavy atom. The molecule has 0 aliphatic heterocycles. The van der Waals surface area contributed by atoms with Crippen molar-refractivity contribution in [2.75, 3.05) is 4.31 Å². The lowest BCUT2D eigenvalue weighted by Gasteiger charge is -2.28. The van der Waals surface area contributed by atoms with Crippen LogP contribution < -0.4 is 4.31 Å². The predicted molar refractivity (Wildman–Crippen MR) is 91.0 cm³/mol. The number of nitro groups is 1. The highest BCUT2D eigenvalue weighted by molar-refractivity contribution is 7.93. The molecule has 1 unspecified atom stereocenters. The first-order valence-corrected chi connectivity index (χ1v) is 8.67. The summed E-state index contributed by atoms with van der Waals surface area (Å²) in [6.07, 6.45) is 0. The zero-order chi connectivity index (χ0) is 18.8. The standard InChI is InChI=1S/C16H16N2O6S/c1-11-6-8-13(9-7-11)17(12(2)16(19)20)25(23,24)15-5-3-4-14(10-15)18(21)22/h3-10,12H,1-2H3,(H,19,20). The molecular weight excluding hydrogens is 348 g/mol. The van der Waals surface area contributed by atoms with Crippen LogP contribution in [0.25, 0.3) is 0 Å². The number of hydrogen-bond acceptors (Lipinski definition) is 5. The fraction of sp³-hybridized carbons (Fsp3) is 0.188. The smallest absolute Gasteiger partial charge is 0.327 e. The molecule has 1 atom stereocenters. The highest BCUT2D eigenvalue weighted by Gasteiger charge is 2.34. The van der Waals surface area contributed by atoms with Crippen molar-refractivity contribution in [2.45, 2.75) is 24.8 Å². The van der Waals surface area contributed by atoms with Crippen LogP contribution >= 0.6 is 0 Å². The first-order chi connectivity index (χ1) is 11.6. The maximum Gasteiger partial charge on any atom is 0.327 e. The molecule has 0 saturated heterocycles. The van der Waals surface area contributed by atoms with Gasteiger partial charge in [-0.05, 0) is 32.0 Å². The van der Waals surface area contributed by atoms with E-state index in [9.17, 15) is 28.4 Å². The van der Waals surface area contributed by atoms with E-state index in [1.165, 1.54) is 31.2 Å². The van der Waals surface area contributed by atoms with E-state index >= 15 is 0 Å². The Hall–Kier alpha value is -2.94. The lowest BCUT2D eigenvalue weighted by atomic mass is 10.2. The number of aryl methyl sites for hydroxylation is 1. The van der Waals surface area contributed by atoms with Crippen LogP contribution in [0.4, 0.5) is 11.4 Å². The van der Waals surface area contributed by atoms with E-state index in [2.05, 4.69) is 0 Å². The largest absolute Gasteiger partial charge is 0.480 e. The fourth-order valence-corrected chi connectivity index (χ4v) is 3.89. The predicted octanol–water partition coefficient (Wildman–Crippen LogP) is 2.57. The molecule has 9 heteroatoms. The van der Waals surface area contributed by atoms with Gasteiger partial charge in [0.2, 0.25) is 0 Å². The molecule has 0 aliphatic carbocycles. The third-order valence-electron chi connectivity index (χ3n) is 3.58. The van der Waals surface area contributed by atoms with Crippen LogP contribution in [0.15, 0.2) is 53.4 Å². The molecule has 0 saturated carbocycles. The number of anilines is 1. The third kappa shape index (κ3) is 3.77. The molecule has 0 aliphatic rings. The van der Waals surface area contributed by atoms with Crippen LogP contribution in [0.2, 0.25) is 0 Å². The van der Waals surface area contributed by atoms with Gasteiger partial charge in [-0.15, -0.1) is 0 Å². The van der Waals surface area contributed by atoms with E-state index in [-0.39, 0.29) is 10.6 Å². The highest BCUT2D eigenvalue weighted by atomic mass is 32.2. The van der Waals surface area contributed by atoms with Gasteiger partial charge in [0.05, 0.1) is 15.5 Å². The van der Waals surface area contributed by atoms with Gasteiger partial charge in [-0.1, -0.05) is 23.8 Å². The highest BCUT2D eigenvalue weighted by Crippen LogP contribution is 2.28. The second-order valence-corrected chi connectivity index (χ2v) is 7.22. The Bertz CT molecular complexity index is 908. The molecule has 0 fully saturated rings. The van der Waals surface area contributed by atoms with E-state index in [1.807, 2.05) is 6.92 Å². The van der Waals surface area contributed by atoms with Crippen molar-refractivity contribution in [1.29, 1.82) is 0 Å². The van der Waals surface area contributed by atoms with Gasteiger partial charge in [0, 0.05) is 12.1 Å². The van der Waals surface area contributed by atoms with E-state index < -0.39 is 32.6 Å². The SMILES string of the molecule is Cc1ccc(N(C(C)C(=O)O)S(=O)(=O)c2cccc([N+](=O)[O-])c2)cc1. The first-order valence-electron chi connectivity index (χ1n) is 7.23. The molecule has 0 amide bonds. The number of carboxylic acids is 1. The molecular formula is C16H16N2O6S. The zero-order valence-corrected chi connectivity index (χ0v) is 14.3. The van der Waals surface area contributed by atoms with E-state index in [0.29, 0.717) is 0 Å². The van der Waals surface area contributed by atoms with Crippen LogP contribution in [-0.2, 0) is 14.8 Å². The Kier molecular flexibility index (Phi) is 5.07. The lowest BCUT2D eigenvalue weighted by molar-refractivity contribution is -0.385. The normalized spacial score (nSPS) is 12.4. The summed E-state index contributed by atoms with van der Waals surface area (Å²) < 4.78 is 26.7. The van der Waals surface area contributed by atoms with Crippen LogP contribution in [0, 0.1) is 17.0 Å². The average molecular weight is 364 g/mol. The summed E-state index contributed by atoms with van der Waals surface area (Å²) in [6, 6.07) is 9.39. The van der Waals surface area contributed by atoms with Crippen LogP contribution in [0.5, 0.6) is 0 Å². The number of non-ortho nitro benzene ring substituents is 1. The second-order valence-electron chi connectivity index (χ2n) is 5.41. The maximum atomic E-state index is 13.0. The third-order valence-corrected chi connectivity index (χ3v) is 5.48. The van der Waals surface area contributed by atoms with Gasteiger partial charge in [0.25, 0.3) is 15.7 Å². The minimum Gasteiger partial charge on any atom is -0.480 e. The Morgan fingerprint density at radius 1 is 1.20 bits per heavy atom. The van der Waals surface area contributed by atoms with Crippen molar-refractivity contribution in [1.82, 2.24) is 0 Å². The summed E-state index contributed by atoms with van der Waals surface area (Å²) in [6.45, 7) is 3.04. The minimum atomic E-state index is -4.32. The maximum absolute atomic E-state index is 13.0. The number of rotatable bonds is 6. The van der Waals surface area contributed by atoms with Gasteiger partial charge in [0.15, 0.2) is 0 Å². The summed E-state index contributed by atoms with van der Waals surface area (Å²) in [7, 11) is -4.32. The zero-order valence-electron chi connectivity index (χ0n) is 13.5. The number of aliphatic carboxylic acids is 1. The molecule has 25 heavy (non-hydrogen) atoms. The van der Waals surface area contributed by atoms with Crippen molar-refractivity contribution in [2.24, 2.45) is 0 Å². The summed E-state index contributed by atoms with van der Waals surface area (Å²) >= 11 is 0. The van der Waals surface area contributed by atoms with Crippen molar-refractivity contribution >= 4 is 27.4 Å². The average Bonchev–Trinajstić information content (AvgIpc) is 2.56. The molecule has 0 spiro atoms. The number of benzene rings is 2. The number of sulfonamides is 1. The molecule has 0 aromatic heterocycles. The van der Waals surface area contributed by atoms with E-state index in [4.69, 9.17) is 0 Å². The molecule has 0 bridgehead atoms. The molecule has 8 nitrogen and oxygen atoms in total. The van der Waals surface area contributed by atoms with Gasteiger partial charge in [0.1, 0.15) is 6.04 Å². The molecule has 2 aromatic rings. The van der Waals surface area contributed by atoms with Gasteiger partial charge < -0.3 is 5.11 Å². The van der Waals surface area contributed by atoms with Crippen molar-refractivity contribution in [3.05, 3.63) is 64.2 Å². The van der Waals surface area contributed by atoms with Crippen molar-refractivity contribution in [3.8, 4) is 0 Å². The molecule has 1 N–H and O–H groups in total. The first kappa shape index (κ1) is 18.4. The van der Waals surface area contributed by atoms with Crippen molar-refractivity contribution < 1.29 is 23.2 Å². The van der Waals surface area contributed by atoms with Crippen LogP contribution in [-0.4, -0.2) is 30.5 Å². The summed E-state index contributed by atoms with van der Waals surface area (Å²) in [5.74, 6) is -1.34. The van der Waals surface area contributed by atoms with Gasteiger partial charge in [-0.25, -0.2) is 13.2 Å². The molecule has 2 rings (SSSR count). The Labute approximate surface area is 144 Å². The Morgan fingerprint density at radius 2 is 1.80 bits per heavy atom. The Balaban J connectivity index is 2.63. The fourth-order valence-electron chi connectivity index (χ4n) is 2.23. The quantitative estimate of drug-likeness (QED) is 0.622. The number of carbonyl (C=O) groups is 1. The number of nitro benzene ring substituents is 1. The van der Waals surface area contributed by atoms with Gasteiger partial charge >= 0.3 is 5.97 Å². The number of carboxylic acid groups (broad SMARTS) is 1. The molecule has 132 valence electrons.